The minimum absolute atomic E-state index is 0.0622. The van der Waals surface area contributed by atoms with Crippen molar-refractivity contribution in [3.63, 3.8) is 0 Å². The topological polar surface area (TPSA) is 50.7 Å². The first-order valence-electron chi connectivity index (χ1n) is 7.97. The van der Waals surface area contributed by atoms with E-state index in [9.17, 15) is 4.79 Å². The molecule has 0 aliphatic carbocycles. The number of nitrogens with one attached hydrogen (secondary N) is 1. The van der Waals surface area contributed by atoms with E-state index in [1.165, 1.54) is 0 Å². The number of nitrogens with zero attached hydrogens (tertiary/aromatic N) is 1. The van der Waals surface area contributed by atoms with Crippen molar-refractivity contribution in [2.45, 2.75) is 32.8 Å². The smallest absolute Gasteiger partial charge is 0.240 e. The maximum absolute atomic E-state index is 11.4. The molecule has 5 heteroatoms. The summed E-state index contributed by atoms with van der Waals surface area (Å²) in [6, 6.07) is 15.1. The van der Waals surface area contributed by atoms with Crippen LogP contribution in [0, 0.1) is 0 Å². The molecular formula is C19H21ClN2O2. The number of hydrogen-bond acceptors (Lipinski definition) is 3. The molecule has 0 aromatic heterocycles. The van der Waals surface area contributed by atoms with Crippen LogP contribution in [0.3, 0.4) is 0 Å². The van der Waals surface area contributed by atoms with Gasteiger partial charge in [0.25, 0.3) is 0 Å². The van der Waals surface area contributed by atoms with Gasteiger partial charge in [-0.2, -0.15) is 5.10 Å². The zero-order valence-corrected chi connectivity index (χ0v) is 14.4. The number of hydrogen-bond donors (Lipinski definition) is 1. The zero-order chi connectivity index (χ0) is 17.2. The summed E-state index contributed by atoms with van der Waals surface area (Å²) < 4.78 is 5.72. The van der Waals surface area contributed by atoms with Crippen molar-refractivity contribution < 1.29 is 9.53 Å². The molecule has 0 spiro atoms. The second-order valence-electron chi connectivity index (χ2n) is 5.35. The maximum atomic E-state index is 11.4. The van der Waals surface area contributed by atoms with Crippen LogP contribution in [0.15, 0.2) is 53.6 Å². The number of benzene rings is 2. The summed E-state index contributed by atoms with van der Waals surface area (Å²) in [6.07, 6.45) is 3.98. The Morgan fingerprint density at radius 2 is 1.96 bits per heavy atom. The highest BCUT2D eigenvalue weighted by atomic mass is 35.5. The van der Waals surface area contributed by atoms with Crippen molar-refractivity contribution in [3.05, 3.63) is 64.7 Å². The van der Waals surface area contributed by atoms with E-state index in [-0.39, 0.29) is 5.91 Å². The van der Waals surface area contributed by atoms with Crippen LogP contribution in [0.5, 0.6) is 5.75 Å². The Kier molecular flexibility index (Phi) is 7.30. The second-order valence-corrected chi connectivity index (χ2v) is 5.75. The van der Waals surface area contributed by atoms with Gasteiger partial charge in [0.2, 0.25) is 5.91 Å². The number of halogens is 1. The third-order valence-corrected chi connectivity index (χ3v) is 3.76. The molecule has 0 radical (unpaired) electrons. The number of unbranched alkanes of at least 4 members (excludes halogenated alkanes) is 1. The molecule has 0 atom stereocenters. The molecule has 2 aromatic carbocycles. The monoisotopic (exact) mass is 344 g/mol. The quantitative estimate of drug-likeness (QED) is 0.563. The van der Waals surface area contributed by atoms with Gasteiger partial charge in [0.1, 0.15) is 12.4 Å². The van der Waals surface area contributed by atoms with Crippen LogP contribution in [0.25, 0.3) is 0 Å². The lowest BCUT2D eigenvalue weighted by molar-refractivity contribution is -0.121. The van der Waals surface area contributed by atoms with E-state index >= 15 is 0 Å². The van der Waals surface area contributed by atoms with Crippen LogP contribution in [0.4, 0.5) is 0 Å². The highest BCUT2D eigenvalue weighted by Crippen LogP contribution is 2.18. The normalized spacial score (nSPS) is 10.8. The number of hydrazone groups is 1. The molecule has 0 aliphatic rings. The molecule has 4 nitrogen and oxygen atoms in total. The van der Waals surface area contributed by atoms with Gasteiger partial charge in [-0.3, -0.25) is 4.79 Å². The van der Waals surface area contributed by atoms with Crippen LogP contribution in [-0.2, 0) is 11.4 Å². The van der Waals surface area contributed by atoms with Gasteiger partial charge in [-0.15, -0.1) is 0 Å². The van der Waals surface area contributed by atoms with Crippen molar-refractivity contribution in [1.29, 1.82) is 0 Å². The number of carbonyl (C=O) groups is 1. The molecule has 0 saturated carbocycles. The maximum Gasteiger partial charge on any atom is 0.240 e. The summed E-state index contributed by atoms with van der Waals surface area (Å²) in [6.45, 7) is 2.46. The largest absolute Gasteiger partial charge is 0.489 e. The molecular weight excluding hydrogens is 324 g/mol. The molecule has 1 amide bonds. The molecule has 0 fully saturated rings. The van der Waals surface area contributed by atoms with Crippen molar-refractivity contribution in [1.82, 2.24) is 5.43 Å². The van der Waals surface area contributed by atoms with Crippen LogP contribution in [-0.4, -0.2) is 12.1 Å². The van der Waals surface area contributed by atoms with E-state index < -0.39 is 0 Å². The Morgan fingerprint density at radius 3 is 2.67 bits per heavy atom. The summed E-state index contributed by atoms with van der Waals surface area (Å²) in [5.74, 6) is 0.687. The molecule has 0 unspecified atom stereocenters. The lowest BCUT2D eigenvalue weighted by atomic mass is 10.2. The van der Waals surface area contributed by atoms with Crippen LogP contribution < -0.4 is 10.2 Å². The summed E-state index contributed by atoms with van der Waals surface area (Å²) in [7, 11) is 0. The molecule has 0 heterocycles. The average Bonchev–Trinajstić information content (AvgIpc) is 2.60. The van der Waals surface area contributed by atoms with Crippen molar-refractivity contribution in [3.8, 4) is 5.75 Å². The number of ether oxygens (including phenoxy) is 1. The molecule has 24 heavy (non-hydrogen) atoms. The zero-order valence-electron chi connectivity index (χ0n) is 13.7. The standard InChI is InChI=1S/C19H21ClN2O2/c1-2-3-8-19(23)22-21-13-15-9-11-17(12-10-15)24-14-16-6-4-5-7-18(16)20/h4-7,9-13H,2-3,8,14H2,1H3,(H,22,23)/b21-13+. The predicted octanol–water partition coefficient (Wildman–Crippen LogP) is 4.56. The van der Waals surface area contributed by atoms with Crippen LogP contribution in [0.1, 0.15) is 37.3 Å². The fourth-order valence-corrected chi connectivity index (χ4v) is 2.19. The summed E-state index contributed by atoms with van der Waals surface area (Å²) in [5, 5.41) is 4.64. The van der Waals surface area contributed by atoms with Crippen molar-refractivity contribution in [2.24, 2.45) is 5.10 Å². The fourth-order valence-electron chi connectivity index (χ4n) is 2.00. The highest BCUT2D eigenvalue weighted by Gasteiger charge is 2.01. The summed E-state index contributed by atoms with van der Waals surface area (Å²) in [5.41, 5.74) is 4.35. The van der Waals surface area contributed by atoms with E-state index in [4.69, 9.17) is 16.3 Å². The van der Waals surface area contributed by atoms with Crippen molar-refractivity contribution in [2.75, 3.05) is 0 Å². The van der Waals surface area contributed by atoms with Gasteiger partial charge in [0, 0.05) is 17.0 Å². The first kappa shape index (κ1) is 18.0. The number of carbonyl (C=O) groups excluding carboxylic acids is 1. The van der Waals surface area contributed by atoms with Gasteiger partial charge >= 0.3 is 0 Å². The summed E-state index contributed by atoms with van der Waals surface area (Å²) in [4.78, 5) is 11.4. The SMILES string of the molecule is CCCCC(=O)N/N=C/c1ccc(OCc2ccccc2Cl)cc1. The van der Waals surface area contributed by atoms with E-state index in [2.05, 4.69) is 10.5 Å². The third kappa shape index (κ3) is 6.05. The summed E-state index contributed by atoms with van der Waals surface area (Å²) >= 11 is 6.10. The van der Waals surface area contributed by atoms with E-state index in [1.807, 2.05) is 55.5 Å². The number of rotatable bonds is 8. The van der Waals surface area contributed by atoms with Gasteiger partial charge < -0.3 is 4.74 Å². The lowest BCUT2D eigenvalue weighted by Gasteiger charge is -2.07. The van der Waals surface area contributed by atoms with E-state index in [0.717, 1.165) is 29.7 Å². The Morgan fingerprint density at radius 1 is 1.21 bits per heavy atom. The minimum atomic E-state index is -0.0622. The molecule has 0 saturated heterocycles. The minimum Gasteiger partial charge on any atom is -0.489 e. The van der Waals surface area contributed by atoms with Crippen molar-refractivity contribution >= 4 is 23.7 Å². The van der Waals surface area contributed by atoms with Crippen LogP contribution >= 0.6 is 11.6 Å². The lowest BCUT2D eigenvalue weighted by Crippen LogP contribution is -2.16. The van der Waals surface area contributed by atoms with Gasteiger partial charge in [-0.1, -0.05) is 43.1 Å². The molecule has 126 valence electrons. The van der Waals surface area contributed by atoms with E-state index in [1.54, 1.807) is 6.21 Å². The van der Waals surface area contributed by atoms with E-state index in [0.29, 0.717) is 18.1 Å². The Hall–Kier alpha value is -2.33. The fraction of sp³-hybridized carbons (Fsp3) is 0.263. The molecule has 2 aromatic rings. The molecule has 1 N–H and O–H groups in total. The third-order valence-electron chi connectivity index (χ3n) is 3.39. The Labute approximate surface area is 147 Å². The van der Waals surface area contributed by atoms with Gasteiger partial charge in [-0.05, 0) is 42.3 Å². The predicted molar refractivity (Wildman–Crippen MR) is 97.5 cm³/mol. The number of amides is 1. The molecule has 0 bridgehead atoms. The molecule has 2 rings (SSSR count). The Balaban J connectivity index is 1.82. The van der Waals surface area contributed by atoms with Gasteiger partial charge in [-0.25, -0.2) is 5.43 Å². The Bertz CT molecular complexity index is 684. The first-order valence-corrected chi connectivity index (χ1v) is 8.35. The molecule has 0 aliphatic heterocycles. The highest BCUT2D eigenvalue weighted by molar-refractivity contribution is 6.31. The first-order chi connectivity index (χ1) is 11.7. The van der Waals surface area contributed by atoms with Crippen LogP contribution in [0.2, 0.25) is 5.02 Å². The van der Waals surface area contributed by atoms with Gasteiger partial charge in [0.05, 0.1) is 6.21 Å². The average molecular weight is 345 g/mol. The van der Waals surface area contributed by atoms with Gasteiger partial charge in [0.15, 0.2) is 0 Å². The second kappa shape index (κ2) is 9.73.